The smallest absolute Gasteiger partial charge is 0.248 e. The van der Waals surface area contributed by atoms with Crippen LogP contribution in [-0.2, 0) is 0 Å². The summed E-state index contributed by atoms with van der Waals surface area (Å²) in [6.45, 7) is 3.17. The van der Waals surface area contributed by atoms with Gasteiger partial charge in [-0.3, -0.25) is 9.69 Å². The molecule has 1 aliphatic heterocycles. The Bertz CT molecular complexity index is 846. The summed E-state index contributed by atoms with van der Waals surface area (Å²) >= 11 is 0. The summed E-state index contributed by atoms with van der Waals surface area (Å²) in [4.78, 5) is 16.6. The Labute approximate surface area is 147 Å². The van der Waals surface area contributed by atoms with Gasteiger partial charge in [0.1, 0.15) is 11.9 Å². The number of nitrogens with zero attached hydrogens (tertiary/aromatic N) is 1. The zero-order valence-electron chi connectivity index (χ0n) is 14.4. The number of hydrogen-bond acceptors (Lipinski definition) is 3. The molecule has 1 atom stereocenters. The SMILES string of the molecule is O=c1ccc2cc(OC3CN(CCCC4C=CC=CC4)C3)ccc2[nH]1. The maximum absolute atomic E-state index is 11.3. The molecule has 1 fully saturated rings. The van der Waals surface area contributed by atoms with Gasteiger partial charge in [-0.2, -0.15) is 0 Å². The van der Waals surface area contributed by atoms with Gasteiger partial charge in [0.2, 0.25) is 5.56 Å². The number of aromatic nitrogens is 1. The number of ether oxygens (including phenoxy) is 1. The fourth-order valence-corrected chi connectivity index (χ4v) is 3.60. The van der Waals surface area contributed by atoms with E-state index in [1.54, 1.807) is 6.07 Å². The predicted octanol–water partition coefficient (Wildman–Crippen LogP) is 3.50. The van der Waals surface area contributed by atoms with E-state index in [1.807, 2.05) is 24.3 Å². The van der Waals surface area contributed by atoms with Gasteiger partial charge in [-0.05, 0) is 56.0 Å². The van der Waals surface area contributed by atoms with E-state index in [0.717, 1.165) is 42.2 Å². The Morgan fingerprint density at radius 3 is 2.92 bits per heavy atom. The van der Waals surface area contributed by atoms with Gasteiger partial charge in [0, 0.05) is 30.1 Å². The van der Waals surface area contributed by atoms with Crippen LogP contribution in [0.25, 0.3) is 10.9 Å². The number of nitrogens with one attached hydrogen (secondary N) is 1. The Hall–Kier alpha value is -2.33. The molecule has 1 unspecified atom stereocenters. The third-order valence-corrected chi connectivity index (χ3v) is 5.04. The zero-order valence-corrected chi connectivity index (χ0v) is 14.4. The van der Waals surface area contributed by atoms with E-state index in [1.165, 1.54) is 19.3 Å². The summed E-state index contributed by atoms with van der Waals surface area (Å²) in [7, 11) is 0. The van der Waals surface area contributed by atoms with Crippen LogP contribution >= 0.6 is 0 Å². The van der Waals surface area contributed by atoms with Gasteiger partial charge < -0.3 is 9.72 Å². The molecule has 0 saturated carbocycles. The van der Waals surface area contributed by atoms with E-state index in [9.17, 15) is 4.79 Å². The maximum Gasteiger partial charge on any atom is 0.248 e. The number of likely N-dealkylation sites (tertiary alicyclic amines) is 1. The minimum Gasteiger partial charge on any atom is -0.488 e. The molecule has 130 valence electrons. The van der Waals surface area contributed by atoms with Crippen LogP contribution in [-0.4, -0.2) is 35.6 Å². The van der Waals surface area contributed by atoms with Crippen LogP contribution in [0.2, 0.25) is 0 Å². The average molecular weight is 336 g/mol. The minimum atomic E-state index is -0.0736. The van der Waals surface area contributed by atoms with Crippen LogP contribution in [0, 0.1) is 5.92 Å². The second-order valence-corrected chi connectivity index (χ2v) is 7.02. The Kier molecular flexibility index (Phi) is 4.70. The Balaban J connectivity index is 1.22. The summed E-state index contributed by atoms with van der Waals surface area (Å²) < 4.78 is 6.06. The van der Waals surface area contributed by atoms with Crippen LogP contribution in [0.4, 0.5) is 0 Å². The van der Waals surface area contributed by atoms with Crippen molar-refractivity contribution in [3.05, 3.63) is 65.0 Å². The first-order chi connectivity index (χ1) is 12.3. The number of fused-ring (bicyclic) bond motifs is 1. The number of benzene rings is 1. The summed E-state index contributed by atoms with van der Waals surface area (Å²) in [5.41, 5.74) is 0.775. The topological polar surface area (TPSA) is 45.3 Å². The number of H-pyrrole nitrogens is 1. The molecule has 1 aliphatic carbocycles. The van der Waals surface area contributed by atoms with Gasteiger partial charge in [0.15, 0.2) is 0 Å². The van der Waals surface area contributed by atoms with Crippen LogP contribution in [0.5, 0.6) is 5.75 Å². The number of allylic oxidation sites excluding steroid dienone is 4. The fraction of sp³-hybridized carbons (Fsp3) is 0.381. The minimum absolute atomic E-state index is 0.0736. The molecule has 2 heterocycles. The lowest BCUT2D eigenvalue weighted by atomic mass is 9.95. The van der Waals surface area contributed by atoms with E-state index in [-0.39, 0.29) is 11.7 Å². The van der Waals surface area contributed by atoms with Crippen LogP contribution in [0.15, 0.2) is 59.4 Å². The highest BCUT2D eigenvalue weighted by Gasteiger charge is 2.27. The van der Waals surface area contributed by atoms with Gasteiger partial charge in [-0.25, -0.2) is 0 Å². The number of rotatable bonds is 6. The molecule has 4 nitrogen and oxygen atoms in total. The van der Waals surface area contributed by atoms with Crippen LogP contribution < -0.4 is 10.3 Å². The lowest BCUT2D eigenvalue weighted by molar-refractivity contribution is 0.0188. The number of pyridine rings is 1. The molecule has 2 aromatic rings. The largest absolute Gasteiger partial charge is 0.488 e. The van der Waals surface area contributed by atoms with E-state index >= 15 is 0 Å². The van der Waals surface area contributed by atoms with E-state index in [4.69, 9.17) is 4.74 Å². The first kappa shape index (κ1) is 16.2. The highest BCUT2D eigenvalue weighted by atomic mass is 16.5. The van der Waals surface area contributed by atoms with Gasteiger partial charge in [-0.15, -0.1) is 0 Å². The molecule has 0 radical (unpaired) electrons. The molecule has 4 rings (SSSR count). The number of aromatic amines is 1. The first-order valence-corrected chi connectivity index (χ1v) is 9.12. The Morgan fingerprint density at radius 1 is 1.16 bits per heavy atom. The monoisotopic (exact) mass is 336 g/mol. The van der Waals surface area contributed by atoms with E-state index < -0.39 is 0 Å². The summed E-state index contributed by atoms with van der Waals surface area (Å²) in [5, 5.41) is 1.00. The van der Waals surface area contributed by atoms with Crippen molar-refractivity contribution in [1.82, 2.24) is 9.88 Å². The molecule has 1 N–H and O–H groups in total. The molecule has 1 saturated heterocycles. The normalized spacial score (nSPS) is 20.7. The van der Waals surface area contributed by atoms with E-state index in [0.29, 0.717) is 0 Å². The first-order valence-electron chi connectivity index (χ1n) is 9.12. The summed E-state index contributed by atoms with van der Waals surface area (Å²) in [5.74, 6) is 1.60. The lowest BCUT2D eigenvalue weighted by Crippen LogP contribution is -2.53. The second kappa shape index (κ2) is 7.28. The van der Waals surface area contributed by atoms with Gasteiger partial charge in [-0.1, -0.05) is 24.3 Å². The van der Waals surface area contributed by atoms with Crippen LogP contribution in [0.1, 0.15) is 19.3 Å². The molecule has 0 spiro atoms. The maximum atomic E-state index is 11.3. The van der Waals surface area contributed by atoms with Crippen molar-refractivity contribution in [3.8, 4) is 5.75 Å². The van der Waals surface area contributed by atoms with Crippen molar-refractivity contribution in [2.24, 2.45) is 5.92 Å². The standard InChI is InChI=1S/C21H24N2O2/c24-21-11-8-17-13-18(9-10-20(17)22-21)25-19-14-23(15-19)12-4-7-16-5-2-1-3-6-16/h1-3,5,8-11,13,16,19H,4,6-7,12,14-15H2,(H,22,24). The van der Waals surface area contributed by atoms with Gasteiger partial charge >= 0.3 is 0 Å². The van der Waals surface area contributed by atoms with Crippen molar-refractivity contribution in [1.29, 1.82) is 0 Å². The molecular weight excluding hydrogens is 312 g/mol. The lowest BCUT2D eigenvalue weighted by Gasteiger charge is -2.39. The summed E-state index contributed by atoms with van der Waals surface area (Å²) in [6.07, 6.45) is 12.9. The molecule has 2 aliphatic rings. The van der Waals surface area contributed by atoms with Gasteiger partial charge in [0.05, 0.1) is 0 Å². The van der Waals surface area contributed by atoms with E-state index in [2.05, 4.69) is 34.2 Å². The van der Waals surface area contributed by atoms with Crippen molar-refractivity contribution >= 4 is 10.9 Å². The predicted molar refractivity (Wildman–Crippen MR) is 101 cm³/mol. The van der Waals surface area contributed by atoms with Crippen molar-refractivity contribution in [2.75, 3.05) is 19.6 Å². The molecule has 25 heavy (non-hydrogen) atoms. The molecule has 0 amide bonds. The molecule has 1 aromatic heterocycles. The van der Waals surface area contributed by atoms with Crippen molar-refractivity contribution < 1.29 is 4.74 Å². The molecule has 1 aromatic carbocycles. The second-order valence-electron chi connectivity index (χ2n) is 7.02. The molecule has 0 bridgehead atoms. The van der Waals surface area contributed by atoms with Crippen molar-refractivity contribution in [2.45, 2.75) is 25.4 Å². The molecule has 4 heteroatoms. The third kappa shape index (κ3) is 4.02. The number of hydrogen-bond donors (Lipinski definition) is 1. The van der Waals surface area contributed by atoms with Crippen LogP contribution in [0.3, 0.4) is 0 Å². The Morgan fingerprint density at radius 2 is 2.08 bits per heavy atom. The fourth-order valence-electron chi connectivity index (χ4n) is 3.60. The molecular formula is C21H24N2O2. The highest BCUT2D eigenvalue weighted by Crippen LogP contribution is 2.23. The summed E-state index contributed by atoms with van der Waals surface area (Å²) in [6, 6.07) is 9.23. The zero-order chi connectivity index (χ0) is 17.1. The van der Waals surface area contributed by atoms with Gasteiger partial charge in [0.25, 0.3) is 0 Å². The quantitative estimate of drug-likeness (QED) is 0.878. The average Bonchev–Trinajstić information content (AvgIpc) is 2.60. The van der Waals surface area contributed by atoms with Crippen molar-refractivity contribution in [3.63, 3.8) is 0 Å². The third-order valence-electron chi connectivity index (χ3n) is 5.04. The highest BCUT2D eigenvalue weighted by molar-refractivity contribution is 5.79.